The Balaban J connectivity index is 2.52. The second-order valence-corrected chi connectivity index (χ2v) is 14.4. The first-order chi connectivity index (χ1) is 23.5. The number of aliphatic hydroxyl groups is 4. The van der Waals surface area contributed by atoms with Gasteiger partial charge in [-0.2, -0.15) is 0 Å². The van der Waals surface area contributed by atoms with E-state index in [1.165, 1.54) is 0 Å². The van der Waals surface area contributed by atoms with Crippen LogP contribution in [-0.4, -0.2) is 119 Å². The Hall–Kier alpha value is -2.40. The summed E-state index contributed by atoms with van der Waals surface area (Å²) in [6.07, 6.45) is -9.21. The summed E-state index contributed by atoms with van der Waals surface area (Å²) in [6.45, 7) is 10.8. The first-order valence-electron chi connectivity index (χ1n) is 17.8. The SMILES string of the molecule is CC(=O)OC[C@H]1O[C@@](CO)(O[C@H]2O[C@H](CO)[C@@H](OC(=O)CCCC(C)C)[C@H](OC(=O)CCCC(C)C)[C@H]2OC(=O)CCCC(C)C)[C@@H](O)[C@@H]1O. The molecule has 9 atom stereocenters. The Bertz CT molecular complexity index is 1060. The summed E-state index contributed by atoms with van der Waals surface area (Å²) in [4.78, 5) is 51.0. The summed E-state index contributed by atoms with van der Waals surface area (Å²) in [6, 6.07) is 0. The molecule has 2 heterocycles. The van der Waals surface area contributed by atoms with Crippen LogP contribution >= 0.6 is 0 Å². The third-order valence-electron chi connectivity index (χ3n) is 8.55. The third kappa shape index (κ3) is 13.6. The molecule has 0 spiro atoms. The molecular weight excluding hydrogens is 660 g/mol. The summed E-state index contributed by atoms with van der Waals surface area (Å²) in [5.41, 5.74) is 0. The maximum absolute atomic E-state index is 13.3. The monoisotopic (exact) mass is 720 g/mol. The number of carbonyl (C=O) groups excluding carboxylic acids is 4. The van der Waals surface area contributed by atoms with Gasteiger partial charge in [-0.3, -0.25) is 19.2 Å². The zero-order valence-electron chi connectivity index (χ0n) is 30.6. The fourth-order valence-electron chi connectivity index (χ4n) is 5.77. The summed E-state index contributed by atoms with van der Waals surface area (Å²) < 4.78 is 40.1. The highest BCUT2D eigenvalue weighted by molar-refractivity contribution is 5.71. The van der Waals surface area contributed by atoms with Crippen LogP contribution in [0, 0.1) is 17.8 Å². The minimum atomic E-state index is -2.41. The molecule has 0 bridgehead atoms. The zero-order valence-corrected chi connectivity index (χ0v) is 30.6. The van der Waals surface area contributed by atoms with Crippen molar-refractivity contribution >= 4 is 23.9 Å². The van der Waals surface area contributed by atoms with Crippen LogP contribution in [0.5, 0.6) is 0 Å². The molecule has 290 valence electrons. The van der Waals surface area contributed by atoms with Gasteiger partial charge in [0.15, 0.2) is 18.3 Å². The largest absolute Gasteiger partial charge is 0.463 e. The van der Waals surface area contributed by atoms with E-state index in [9.17, 15) is 39.6 Å². The summed E-state index contributed by atoms with van der Waals surface area (Å²) in [7, 11) is 0. The van der Waals surface area contributed by atoms with Crippen molar-refractivity contribution in [3.05, 3.63) is 0 Å². The summed E-state index contributed by atoms with van der Waals surface area (Å²) in [5, 5.41) is 42.6. The first kappa shape index (κ1) is 43.8. The molecule has 2 rings (SSSR count). The van der Waals surface area contributed by atoms with Crippen LogP contribution in [0.15, 0.2) is 0 Å². The Morgan fingerprint density at radius 2 is 1.16 bits per heavy atom. The van der Waals surface area contributed by atoms with Gasteiger partial charge in [-0.1, -0.05) is 60.8 Å². The highest BCUT2D eigenvalue weighted by Crippen LogP contribution is 2.38. The van der Waals surface area contributed by atoms with Crippen molar-refractivity contribution in [1.29, 1.82) is 0 Å². The lowest BCUT2D eigenvalue weighted by Crippen LogP contribution is -2.65. The van der Waals surface area contributed by atoms with E-state index in [4.69, 9.17) is 33.2 Å². The van der Waals surface area contributed by atoms with E-state index in [2.05, 4.69) is 0 Å². The summed E-state index contributed by atoms with van der Waals surface area (Å²) >= 11 is 0. The Morgan fingerprint density at radius 1 is 0.700 bits per heavy atom. The lowest BCUT2D eigenvalue weighted by atomic mass is 9.97. The lowest BCUT2D eigenvalue weighted by molar-refractivity contribution is -0.384. The van der Waals surface area contributed by atoms with Crippen LogP contribution in [-0.2, 0) is 52.3 Å². The molecule has 0 radical (unpaired) electrons. The molecule has 2 fully saturated rings. The Labute approximate surface area is 295 Å². The highest BCUT2D eigenvalue weighted by atomic mass is 16.8. The molecule has 15 heteroatoms. The molecule has 15 nitrogen and oxygen atoms in total. The second-order valence-electron chi connectivity index (χ2n) is 14.4. The average molecular weight is 721 g/mol. The molecule has 0 aromatic rings. The van der Waals surface area contributed by atoms with Crippen molar-refractivity contribution in [2.45, 2.75) is 161 Å². The van der Waals surface area contributed by atoms with Crippen LogP contribution in [0.3, 0.4) is 0 Å². The van der Waals surface area contributed by atoms with Gasteiger partial charge in [0.25, 0.3) is 0 Å². The van der Waals surface area contributed by atoms with Crippen LogP contribution in [0.4, 0.5) is 0 Å². The number of hydrogen-bond acceptors (Lipinski definition) is 15. The molecule has 0 aromatic heterocycles. The molecule has 0 aliphatic carbocycles. The van der Waals surface area contributed by atoms with Crippen molar-refractivity contribution in [3.63, 3.8) is 0 Å². The van der Waals surface area contributed by atoms with Crippen molar-refractivity contribution < 1.29 is 72.8 Å². The maximum atomic E-state index is 13.3. The molecule has 0 aromatic carbocycles. The number of ether oxygens (including phenoxy) is 7. The van der Waals surface area contributed by atoms with Gasteiger partial charge in [0.2, 0.25) is 12.1 Å². The fraction of sp³-hybridized carbons (Fsp3) is 0.886. The van der Waals surface area contributed by atoms with Gasteiger partial charge in [-0.05, 0) is 37.0 Å². The number of rotatable bonds is 21. The van der Waals surface area contributed by atoms with E-state index in [1.54, 1.807) is 0 Å². The molecule has 0 amide bonds. The van der Waals surface area contributed by atoms with Crippen molar-refractivity contribution in [1.82, 2.24) is 0 Å². The van der Waals surface area contributed by atoms with Crippen LogP contribution in [0.25, 0.3) is 0 Å². The standard InChI is InChI=1S/C35H60O15/c1-20(2)11-8-14-26(39)46-30-24(17-36)45-34(50-35(19-37)33(43)29(42)25(49-35)18-44-23(7)38)32(48-28(41)16-10-13-22(5)6)31(30)47-27(40)15-9-12-21(3)4/h20-22,24-25,29-34,36-37,42-43H,8-19H2,1-7H3/t24-,25-,29-,30-,31+,32-,33+,34-,35+/m1/s1. The maximum Gasteiger partial charge on any atom is 0.306 e. The van der Waals surface area contributed by atoms with E-state index in [0.717, 1.165) is 19.8 Å². The summed E-state index contributed by atoms with van der Waals surface area (Å²) in [5.74, 6) is -4.22. The Kier molecular flexibility index (Phi) is 18.6. The van der Waals surface area contributed by atoms with E-state index < -0.39 is 98.5 Å². The van der Waals surface area contributed by atoms with Gasteiger partial charge in [0.1, 0.15) is 37.6 Å². The van der Waals surface area contributed by atoms with Gasteiger partial charge < -0.3 is 53.6 Å². The Morgan fingerprint density at radius 3 is 1.58 bits per heavy atom. The molecular formula is C35H60O15. The van der Waals surface area contributed by atoms with E-state index >= 15 is 0 Å². The number of carbonyl (C=O) groups is 4. The molecule has 0 unspecified atom stereocenters. The quantitative estimate of drug-likeness (QED) is 0.0989. The van der Waals surface area contributed by atoms with E-state index in [0.29, 0.717) is 43.4 Å². The third-order valence-corrected chi connectivity index (χ3v) is 8.55. The zero-order chi connectivity index (χ0) is 37.6. The number of hydrogen-bond donors (Lipinski definition) is 4. The average Bonchev–Trinajstić information content (AvgIpc) is 3.26. The van der Waals surface area contributed by atoms with Gasteiger partial charge in [-0.25, -0.2) is 0 Å². The highest BCUT2D eigenvalue weighted by Gasteiger charge is 2.60. The fourth-order valence-corrected chi connectivity index (χ4v) is 5.77. The van der Waals surface area contributed by atoms with Gasteiger partial charge in [0.05, 0.1) is 6.61 Å². The molecule has 4 N–H and O–H groups in total. The molecule has 2 saturated heterocycles. The molecule has 2 aliphatic rings. The molecule has 2 aliphatic heterocycles. The minimum Gasteiger partial charge on any atom is -0.463 e. The van der Waals surface area contributed by atoms with Crippen LogP contribution < -0.4 is 0 Å². The van der Waals surface area contributed by atoms with E-state index in [-0.39, 0.29) is 19.3 Å². The second kappa shape index (κ2) is 21.2. The minimum absolute atomic E-state index is 0.0125. The normalized spacial score (nSPS) is 29.7. The van der Waals surface area contributed by atoms with Crippen molar-refractivity contribution in [2.24, 2.45) is 17.8 Å². The number of esters is 4. The molecule has 0 saturated carbocycles. The van der Waals surface area contributed by atoms with E-state index in [1.807, 2.05) is 41.5 Å². The van der Waals surface area contributed by atoms with Crippen molar-refractivity contribution in [3.8, 4) is 0 Å². The van der Waals surface area contributed by atoms with Crippen LogP contribution in [0.2, 0.25) is 0 Å². The van der Waals surface area contributed by atoms with Crippen LogP contribution in [0.1, 0.15) is 106 Å². The van der Waals surface area contributed by atoms with Gasteiger partial charge in [-0.15, -0.1) is 0 Å². The smallest absolute Gasteiger partial charge is 0.306 e. The topological polar surface area (TPSA) is 214 Å². The lowest BCUT2D eigenvalue weighted by Gasteiger charge is -2.46. The van der Waals surface area contributed by atoms with Gasteiger partial charge >= 0.3 is 23.9 Å². The predicted octanol–water partition coefficient (Wildman–Crippen LogP) is 2.31. The predicted molar refractivity (Wildman–Crippen MR) is 176 cm³/mol. The van der Waals surface area contributed by atoms with Crippen molar-refractivity contribution in [2.75, 3.05) is 19.8 Å². The first-order valence-corrected chi connectivity index (χ1v) is 17.8. The van der Waals surface area contributed by atoms with Gasteiger partial charge in [0, 0.05) is 26.2 Å². The molecule has 50 heavy (non-hydrogen) atoms. The number of aliphatic hydroxyl groups excluding tert-OH is 4.